The molecule has 1 fully saturated rings. The van der Waals surface area contributed by atoms with Gasteiger partial charge in [0.2, 0.25) is 0 Å². The Hall–Kier alpha value is -2.12. The van der Waals surface area contributed by atoms with Crippen LogP contribution in [0.15, 0.2) is 35.6 Å². The summed E-state index contributed by atoms with van der Waals surface area (Å²) < 4.78 is 7.90. The van der Waals surface area contributed by atoms with Gasteiger partial charge in [-0.3, -0.25) is 9.36 Å². The Balaban J connectivity index is 1.74. The quantitative estimate of drug-likeness (QED) is 0.686. The van der Waals surface area contributed by atoms with Gasteiger partial charge in [0, 0.05) is 29.3 Å². The van der Waals surface area contributed by atoms with Crippen LogP contribution >= 0.6 is 11.8 Å². The molecule has 25 heavy (non-hydrogen) atoms. The van der Waals surface area contributed by atoms with Gasteiger partial charge in [0.25, 0.3) is 0 Å². The van der Waals surface area contributed by atoms with E-state index in [0.717, 1.165) is 46.9 Å². The molecule has 1 aliphatic heterocycles. The molecule has 1 aliphatic rings. The number of carbonyl (C=O) groups excluding carboxylic acids is 1. The lowest BCUT2D eigenvalue weighted by Crippen LogP contribution is -2.17. The topological polar surface area (TPSA) is 72.8 Å². The minimum atomic E-state index is 0.130. The summed E-state index contributed by atoms with van der Waals surface area (Å²) >= 11 is 1.44. The van der Waals surface area contributed by atoms with Gasteiger partial charge in [-0.15, -0.1) is 10.2 Å². The van der Waals surface area contributed by atoms with Crippen molar-refractivity contribution in [1.82, 2.24) is 19.7 Å². The number of nitrogens with zero attached hydrogens (tertiary/aromatic N) is 3. The summed E-state index contributed by atoms with van der Waals surface area (Å²) in [5.74, 6) is 1.35. The molecule has 7 heteroatoms. The second kappa shape index (κ2) is 7.01. The summed E-state index contributed by atoms with van der Waals surface area (Å²) in [5.41, 5.74) is 2.10. The molecule has 6 nitrogen and oxygen atoms in total. The van der Waals surface area contributed by atoms with Crippen molar-refractivity contribution < 1.29 is 9.53 Å². The van der Waals surface area contributed by atoms with Crippen molar-refractivity contribution in [3.8, 4) is 11.4 Å². The van der Waals surface area contributed by atoms with Gasteiger partial charge in [0.05, 0.1) is 18.4 Å². The summed E-state index contributed by atoms with van der Waals surface area (Å²) in [7, 11) is 0. The molecule has 3 heterocycles. The molecule has 4 rings (SSSR count). The van der Waals surface area contributed by atoms with Crippen molar-refractivity contribution in [2.75, 3.05) is 12.4 Å². The lowest BCUT2D eigenvalue weighted by molar-refractivity contribution is -0.114. The average molecular weight is 356 g/mol. The zero-order valence-electron chi connectivity index (χ0n) is 14.1. The Bertz CT molecular complexity index is 896. The molecule has 1 aromatic carbocycles. The normalized spacial score (nSPS) is 17.4. The molecule has 0 amide bonds. The van der Waals surface area contributed by atoms with E-state index >= 15 is 0 Å². The molecule has 1 atom stereocenters. The van der Waals surface area contributed by atoms with E-state index in [1.165, 1.54) is 11.8 Å². The van der Waals surface area contributed by atoms with Crippen LogP contribution < -0.4 is 0 Å². The number of carbonyl (C=O) groups is 1. The predicted octanol–water partition coefficient (Wildman–Crippen LogP) is 3.29. The van der Waals surface area contributed by atoms with Gasteiger partial charge in [0.15, 0.2) is 11.0 Å². The van der Waals surface area contributed by atoms with Gasteiger partial charge in [-0.05, 0) is 25.8 Å². The Morgan fingerprint density at radius 2 is 2.28 bits per heavy atom. The summed E-state index contributed by atoms with van der Waals surface area (Å²) in [6, 6.07) is 8.15. The molecule has 1 N–H and O–H groups in total. The number of H-pyrrole nitrogens is 1. The Labute approximate surface area is 150 Å². The van der Waals surface area contributed by atoms with E-state index < -0.39 is 0 Å². The lowest BCUT2D eigenvalue weighted by Gasteiger charge is -2.14. The smallest absolute Gasteiger partial charge is 0.192 e. The van der Waals surface area contributed by atoms with E-state index in [2.05, 4.69) is 25.8 Å². The zero-order chi connectivity index (χ0) is 17.2. The van der Waals surface area contributed by atoms with Crippen LogP contribution in [0.1, 0.15) is 19.8 Å². The highest BCUT2D eigenvalue weighted by molar-refractivity contribution is 7.99. The second-order valence-corrected chi connectivity index (χ2v) is 7.23. The third kappa shape index (κ3) is 3.34. The summed E-state index contributed by atoms with van der Waals surface area (Å²) in [5, 5.41) is 10.7. The first-order valence-electron chi connectivity index (χ1n) is 8.46. The van der Waals surface area contributed by atoms with Crippen molar-refractivity contribution in [2.24, 2.45) is 0 Å². The number of fused-ring (bicyclic) bond motifs is 1. The third-order valence-electron chi connectivity index (χ3n) is 4.36. The first-order chi connectivity index (χ1) is 12.2. The number of thioether (sulfide) groups is 1. The maximum Gasteiger partial charge on any atom is 0.192 e. The molecular weight excluding hydrogens is 336 g/mol. The molecule has 0 saturated carbocycles. The average Bonchev–Trinajstić information content (AvgIpc) is 3.33. The van der Waals surface area contributed by atoms with E-state index in [1.807, 2.05) is 24.4 Å². The molecule has 3 aromatic rings. The van der Waals surface area contributed by atoms with Gasteiger partial charge < -0.3 is 9.72 Å². The molecule has 0 bridgehead atoms. The van der Waals surface area contributed by atoms with Crippen LogP contribution in [0, 0.1) is 0 Å². The predicted molar refractivity (Wildman–Crippen MR) is 97.7 cm³/mol. The highest BCUT2D eigenvalue weighted by Crippen LogP contribution is 2.31. The van der Waals surface area contributed by atoms with Crippen LogP contribution in [0.5, 0.6) is 0 Å². The molecule has 0 radical (unpaired) electrons. The molecular formula is C18H20N4O2S. The first kappa shape index (κ1) is 16.4. The Morgan fingerprint density at radius 1 is 1.40 bits per heavy atom. The summed E-state index contributed by atoms with van der Waals surface area (Å²) in [6.07, 6.45) is 4.28. The number of hydrogen-bond donors (Lipinski definition) is 1. The standard InChI is InChI=1S/C18H20N4O2S/c1-12(23)11-25-18-21-20-17(22(18)10-13-5-4-8-24-13)15-9-19-16-7-3-2-6-14(15)16/h2-3,6-7,9,13,19H,4-5,8,10-11H2,1H3. The van der Waals surface area contributed by atoms with Gasteiger partial charge in [-0.1, -0.05) is 30.0 Å². The van der Waals surface area contributed by atoms with E-state index in [4.69, 9.17) is 4.74 Å². The fraction of sp³-hybridized carbons (Fsp3) is 0.389. The Kier molecular flexibility index (Phi) is 4.59. The van der Waals surface area contributed by atoms with Crippen molar-refractivity contribution in [1.29, 1.82) is 0 Å². The molecule has 1 saturated heterocycles. The summed E-state index contributed by atoms with van der Waals surface area (Å²) in [4.78, 5) is 14.7. The van der Waals surface area contributed by atoms with E-state index in [-0.39, 0.29) is 11.9 Å². The summed E-state index contributed by atoms with van der Waals surface area (Å²) in [6.45, 7) is 3.11. The number of hydrogen-bond acceptors (Lipinski definition) is 5. The number of ketones is 1. The van der Waals surface area contributed by atoms with E-state index in [0.29, 0.717) is 12.3 Å². The van der Waals surface area contributed by atoms with Crippen LogP contribution in [-0.2, 0) is 16.1 Å². The van der Waals surface area contributed by atoms with Gasteiger partial charge in [-0.25, -0.2) is 0 Å². The molecule has 130 valence electrons. The molecule has 2 aromatic heterocycles. The minimum absolute atomic E-state index is 0.130. The van der Waals surface area contributed by atoms with Crippen LogP contribution in [0.4, 0.5) is 0 Å². The van der Waals surface area contributed by atoms with Gasteiger partial charge in [0.1, 0.15) is 5.78 Å². The van der Waals surface area contributed by atoms with E-state index in [1.54, 1.807) is 6.92 Å². The number of aromatic nitrogens is 4. The number of para-hydroxylation sites is 1. The van der Waals surface area contributed by atoms with Crippen molar-refractivity contribution in [3.05, 3.63) is 30.5 Å². The zero-order valence-corrected chi connectivity index (χ0v) is 14.9. The van der Waals surface area contributed by atoms with Crippen LogP contribution in [0.2, 0.25) is 0 Å². The number of benzene rings is 1. The maximum atomic E-state index is 11.4. The van der Waals surface area contributed by atoms with E-state index in [9.17, 15) is 4.79 Å². The number of aromatic amines is 1. The number of rotatable bonds is 6. The highest BCUT2D eigenvalue weighted by atomic mass is 32.2. The maximum absolute atomic E-state index is 11.4. The van der Waals surface area contributed by atoms with Crippen molar-refractivity contribution in [3.63, 3.8) is 0 Å². The SMILES string of the molecule is CC(=O)CSc1nnc(-c2c[nH]c3ccccc23)n1CC1CCCO1. The second-order valence-electron chi connectivity index (χ2n) is 6.29. The number of nitrogens with one attached hydrogen (secondary N) is 1. The fourth-order valence-corrected chi connectivity index (χ4v) is 3.92. The lowest BCUT2D eigenvalue weighted by atomic mass is 10.1. The minimum Gasteiger partial charge on any atom is -0.376 e. The molecule has 0 spiro atoms. The largest absolute Gasteiger partial charge is 0.376 e. The van der Waals surface area contributed by atoms with Gasteiger partial charge in [-0.2, -0.15) is 0 Å². The third-order valence-corrected chi connectivity index (χ3v) is 5.47. The fourth-order valence-electron chi connectivity index (χ4n) is 3.17. The van der Waals surface area contributed by atoms with Crippen LogP contribution in [0.25, 0.3) is 22.3 Å². The van der Waals surface area contributed by atoms with Gasteiger partial charge >= 0.3 is 0 Å². The first-order valence-corrected chi connectivity index (χ1v) is 9.44. The van der Waals surface area contributed by atoms with Crippen molar-refractivity contribution >= 4 is 28.4 Å². The Morgan fingerprint density at radius 3 is 3.08 bits per heavy atom. The number of ether oxygens (including phenoxy) is 1. The highest BCUT2D eigenvalue weighted by Gasteiger charge is 2.23. The van der Waals surface area contributed by atoms with Crippen LogP contribution in [0.3, 0.4) is 0 Å². The molecule has 0 aliphatic carbocycles. The van der Waals surface area contributed by atoms with Crippen LogP contribution in [-0.4, -0.2) is 44.0 Å². The monoisotopic (exact) mass is 356 g/mol. The molecule has 1 unspecified atom stereocenters. The number of Topliss-reactive ketones (excluding diaryl/α,β-unsaturated/α-hetero) is 1. The van der Waals surface area contributed by atoms with Crippen molar-refractivity contribution in [2.45, 2.75) is 37.6 Å².